The number of piperidine rings is 1. The largest absolute Gasteiger partial charge is 0.497 e. The molecule has 29 heavy (non-hydrogen) atoms. The molecule has 2 fully saturated rings. The van der Waals surface area contributed by atoms with E-state index in [4.69, 9.17) is 9.47 Å². The molecule has 0 aromatic heterocycles. The van der Waals surface area contributed by atoms with Gasteiger partial charge in [-0.2, -0.15) is 4.31 Å². The SMILES string of the molecule is CCN1CCN(C(=O)[C@@H]2CCCN(S(=O)(=O)c3cc(OC)ccc3OC)C2)CC1. The van der Waals surface area contributed by atoms with Crippen molar-refractivity contribution < 1.29 is 22.7 Å². The van der Waals surface area contributed by atoms with Crippen LogP contribution in [0.25, 0.3) is 0 Å². The first-order chi connectivity index (χ1) is 13.9. The molecule has 0 spiro atoms. The third kappa shape index (κ3) is 4.67. The van der Waals surface area contributed by atoms with Gasteiger partial charge < -0.3 is 19.3 Å². The Morgan fingerprint density at radius 3 is 2.45 bits per heavy atom. The number of ether oxygens (including phenoxy) is 2. The van der Waals surface area contributed by atoms with Crippen molar-refractivity contribution in [2.24, 2.45) is 5.92 Å². The van der Waals surface area contributed by atoms with Crippen LogP contribution in [0.4, 0.5) is 0 Å². The predicted molar refractivity (Wildman–Crippen MR) is 110 cm³/mol. The van der Waals surface area contributed by atoms with Crippen molar-refractivity contribution in [1.29, 1.82) is 0 Å². The summed E-state index contributed by atoms with van der Waals surface area (Å²) in [6, 6.07) is 4.73. The first kappa shape index (κ1) is 21.9. The average Bonchev–Trinajstić information content (AvgIpc) is 2.78. The number of benzene rings is 1. The molecule has 0 bridgehead atoms. The van der Waals surface area contributed by atoms with Crippen LogP contribution in [-0.4, -0.2) is 88.5 Å². The smallest absolute Gasteiger partial charge is 0.246 e. The van der Waals surface area contributed by atoms with Crippen molar-refractivity contribution in [3.63, 3.8) is 0 Å². The minimum absolute atomic E-state index is 0.0678. The Morgan fingerprint density at radius 1 is 1.10 bits per heavy atom. The fourth-order valence-electron chi connectivity index (χ4n) is 4.03. The van der Waals surface area contributed by atoms with Crippen molar-refractivity contribution in [1.82, 2.24) is 14.1 Å². The van der Waals surface area contributed by atoms with Gasteiger partial charge in [-0.25, -0.2) is 8.42 Å². The molecule has 2 aliphatic heterocycles. The van der Waals surface area contributed by atoms with E-state index in [-0.39, 0.29) is 29.0 Å². The van der Waals surface area contributed by atoms with Crippen LogP contribution in [0.3, 0.4) is 0 Å². The molecule has 0 saturated carbocycles. The lowest BCUT2D eigenvalue weighted by atomic mass is 9.98. The molecule has 2 saturated heterocycles. The molecule has 9 heteroatoms. The molecule has 162 valence electrons. The van der Waals surface area contributed by atoms with Crippen LogP contribution in [-0.2, 0) is 14.8 Å². The van der Waals surface area contributed by atoms with Crippen LogP contribution in [0.15, 0.2) is 23.1 Å². The molecule has 1 amide bonds. The maximum atomic E-state index is 13.3. The third-order valence-electron chi connectivity index (χ3n) is 5.85. The molecule has 2 heterocycles. The summed E-state index contributed by atoms with van der Waals surface area (Å²) < 4.78 is 38.5. The second-order valence-electron chi connectivity index (χ2n) is 7.48. The maximum absolute atomic E-state index is 13.3. The Balaban J connectivity index is 1.75. The minimum Gasteiger partial charge on any atom is -0.497 e. The monoisotopic (exact) mass is 425 g/mol. The summed E-state index contributed by atoms with van der Waals surface area (Å²) in [4.78, 5) is 17.3. The van der Waals surface area contributed by atoms with E-state index in [1.54, 1.807) is 12.1 Å². The molecular formula is C20H31N3O5S. The first-order valence-electron chi connectivity index (χ1n) is 10.1. The zero-order chi connectivity index (χ0) is 21.0. The topological polar surface area (TPSA) is 79.4 Å². The van der Waals surface area contributed by atoms with E-state index in [1.165, 1.54) is 24.6 Å². The van der Waals surface area contributed by atoms with E-state index < -0.39 is 10.0 Å². The summed E-state index contributed by atoms with van der Waals surface area (Å²) in [7, 11) is -0.862. The summed E-state index contributed by atoms with van der Waals surface area (Å²) in [5.41, 5.74) is 0. The molecule has 0 radical (unpaired) electrons. The average molecular weight is 426 g/mol. The van der Waals surface area contributed by atoms with Crippen molar-refractivity contribution in [3.8, 4) is 11.5 Å². The normalized spacial score (nSPS) is 21.8. The van der Waals surface area contributed by atoms with Crippen molar-refractivity contribution in [3.05, 3.63) is 18.2 Å². The Bertz CT molecular complexity index is 821. The molecule has 2 aliphatic rings. The van der Waals surface area contributed by atoms with E-state index in [9.17, 15) is 13.2 Å². The van der Waals surface area contributed by atoms with Crippen molar-refractivity contribution in [2.45, 2.75) is 24.7 Å². The van der Waals surface area contributed by atoms with E-state index in [2.05, 4.69) is 11.8 Å². The Morgan fingerprint density at radius 2 is 1.83 bits per heavy atom. The van der Waals surface area contributed by atoms with Gasteiger partial charge in [0, 0.05) is 45.3 Å². The Kier molecular flexibility index (Phi) is 7.02. The predicted octanol–water partition coefficient (Wildman–Crippen LogP) is 1.27. The Hall–Kier alpha value is -1.84. The van der Waals surface area contributed by atoms with Gasteiger partial charge in [-0.3, -0.25) is 4.79 Å². The molecule has 0 unspecified atom stereocenters. The summed E-state index contributed by atoms with van der Waals surface area (Å²) in [6.07, 6.45) is 1.38. The van der Waals surface area contributed by atoms with Gasteiger partial charge >= 0.3 is 0 Å². The number of rotatable bonds is 6. The first-order valence-corrected chi connectivity index (χ1v) is 11.6. The van der Waals surface area contributed by atoms with Crippen LogP contribution in [0.5, 0.6) is 11.5 Å². The molecular weight excluding hydrogens is 394 g/mol. The van der Waals surface area contributed by atoms with Gasteiger partial charge in [0.1, 0.15) is 16.4 Å². The van der Waals surface area contributed by atoms with E-state index >= 15 is 0 Å². The van der Waals surface area contributed by atoms with Gasteiger partial charge in [0.05, 0.1) is 20.1 Å². The lowest BCUT2D eigenvalue weighted by molar-refractivity contribution is -0.138. The van der Waals surface area contributed by atoms with Crippen LogP contribution in [0.1, 0.15) is 19.8 Å². The number of nitrogens with zero attached hydrogens (tertiary/aromatic N) is 3. The van der Waals surface area contributed by atoms with Crippen LogP contribution >= 0.6 is 0 Å². The zero-order valence-electron chi connectivity index (χ0n) is 17.5. The highest BCUT2D eigenvalue weighted by molar-refractivity contribution is 7.89. The number of piperazine rings is 1. The summed E-state index contributed by atoms with van der Waals surface area (Å²) >= 11 is 0. The van der Waals surface area contributed by atoms with E-state index in [1.807, 2.05) is 4.90 Å². The standard InChI is InChI=1S/C20H31N3O5S/c1-4-21-10-12-22(13-11-21)20(24)16-6-5-9-23(15-16)29(25,26)19-14-17(27-2)7-8-18(19)28-3/h7-8,14,16H,4-6,9-13,15H2,1-3H3/t16-/m1/s1. The molecule has 1 atom stereocenters. The van der Waals surface area contributed by atoms with Gasteiger partial charge in [0.25, 0.3) is 0 Å². The number of sulfonamides is 1. The molecule has 8 nitrogen and oxygen atoms in total. The van der Waals surface area contributed by atoms with Crippen molar-refractivity contribution in [2.75, 3.05) is 60.0 Å². The fourth-order valence-corrected chi connectivity index (χ4v) is 5.72. The van der Waals surface area contributed by atoms with Crippen LogP contribution in [0, 0.1) is 5.92 Å². The lowest BCUT2D eigenvalue weighted by Crippen LogP contribution is -2.52. The number of likely N-dealkylation sites (N-methyl/N-ethyl adjacent to an activating group) is 1. The highest BCUT2D eigenvalue weighted by Crippen LogP contribution is 2.33. The number of hydrogen-bond acceptors (Lipinski definition) is 6. The zero-order valence-corrected chi connectivity index (χ0v) is 18.3. The van der Waals surface area contributed by atoms with Crippen LogP contribution < -0.4 is 9.47 Å². The molecule has 1 aromatic carbocycles. The number of carbonyl (C=O) groups is 1. The highest BCUT2D eigenvalue weighted by Gasteiger charge is 2.37. The molecule has 1 aromatic rings. The lowest BCUT2D eigenvalue weighted by Gasteiger charge is -2.38. The highest BCUT2D eigenvalue weighted by atomic mass is 32.2. The van der Waals surface area contributed by atoms with Gasteiger partial charge in [-0.15, -0.1) is 0 Å². The summed E-state index contributed by atoms with van der Waals surface area (Å²) in [5.74, 6) is 0.485. The number of carbonyl (C=O) groups excluding carboxylic acids is 1. The number of methoxy groups -OCH3 is 2. The van der Waals surface area contributed by atoms with E-state index in [0.29, 0.717) is 38.2 Å². The van der Waals surface area contributed by atoms with Crippen molar-refractivity contribution >= 4 is 15.9 Å². The van der Waals surface area contributed by atoms with Gasteiger partial charge in [0.15, 0.2) is 0 Å². The minimum atomic E-state index is -3.80. The van der Waals surface area contributed by atoms with Gasteiger partial charge in [-0.05, 0) is 31.5 Å². The number of hydrogen-bond donors (Lipinski definition) is 0. The molecule has 0 aliphatic carbocycles. The fraction of sp³-hybridized carbons (Fsp3) is 0.650. The van der Waals surface area contributed by atoms with Crippen LogP contribution in [0.2, 0.25) is 0 Å². The third-order valence-corrected chi connectivity index (χ3v) is 7.74. The quantitative estimate of drug-likeness (QED) is 0.683. The van der Waals surface area contributed by atoms with Gasteiger partial charge in [-0.1, -0.05) is 6.92 Å². The summed E-state index contributed by atoms with van der Waals surface area (Å²) in [6.45, 7) is 6.87. The summed E-state index contributed by atoms with van der Waals surface area (Å²) in [5, 5.41) is 0. The van der Waals surface area contributed by atoms with Gasteiger partial charge in [0.2, 0.25) is 15.9 Å². The molecule has 0 N–H and O–H groups in total. The second kappa shape index (κ2) is 9.32. The maximum Gasteiger partial charge on any atom is 0.246 e. The Labute approximate surface area is 173 Å². The number of amides is 1. The second-order valence-corrected chi connectivity index (χ2v) is 9.38. The van der Waals surface area contributed by atoms with E-state index in [0.717, 1.165) is 19.6 Å². The molecule has 3 rings (SSSR count).